The van der Waals surface area contributed by atoms with Gasteiger partial charge in [0.1, 0.15) is 4.90 Å². The van der Waals surface area contributed by atoms with Gasteiger partial charge in [-0.15, -0.1) is 0 Å². The van der Waals surface area contributed by atoms with Gasteiger partial charge in [-0.25, -0.2) is 13.1 Å². The van der Waals surface area contributed by atoms with Crippen LogP contribution in [0.15, 0.2) is 47.4 Å². The van der Waals surface area contributed by atoms with Crippen molar-refractivity contribution in [1.82, 2.24) is 14.5 Å². The highest BCUT2D eigenvalue weighted by atomic mass is 35.5. The van der Waals surface area contributed by atoms with Gasteiger partial charge in [-0.05, 0) is 36.1 Å². The second-order valence-electron chi connectivity index (χ2n) is 7.65. The molecule has 0 bridgehead atoms. The minimum absolute atomic E-state index is 0.0223. The summed E-state index contributed by atoms with van der Waals surface area (Å²) in [5.74, 6) is -0.248. The van der Waals surface area contributed by atoms with Gasteiger partial charge in [-0.1, -0.05) is 53.5 Å². The van der Waals surface area contributed by atoms with Crippen LogP contribution in [0.4, 0.5) is 0 Å². The van der Waals surface area contributed by atoms with E-state index in [1.54, 1.807) is 11.0 Å². The molecule has 6 nitrogen and oxygen atoms in total. The zero-order chi connectivity index (χ0) is 21.3. The summed E-state index contributed by atoms with van der Waals surface area (Å²) < 4.78 is 27.5. The Morgan fingerprint density at radius 2 is 1.73 bits per heavy atom. The van der Waals surface area contributed by atoms with Crippen molar-refractivity contribution in [2.45, 2.75) is 30.3 Å². The summed E-state index contributed by atoms with van der Waals surface area (Å²) in [4.78, 5) is 16.6. The molecule has 1 amide bonds. The van der Waals surface area contributed by atoms with Gasteiger partial charge in [0.25, 0.3) is 0 Å². The van der Waals surface area contributed by atoms with E-state index in [4.69, 9.17) is 23.2 Å². The average Bonchev–Trinajstić information content (AvgIpc) is 3.22. The van der Waals surface area contributed by atoms with E-state index < -0.39 is 10.0 Å². The number of hydrogen-bond donors (Lipinski definition) is 1. The number of nitrogens with zero attached hydrogens (tertiary/aromatic N) is 2. The molecule has 1 atom stereocenters. The number of carbonyl (C=O) groups excluding carboxylic acids is 1. The highest BCUT2D eigenvalue weighted by Crippen LogP contribution is 2.29. The lowest BCUT2D eigenvalue weighted by atomic mass is 9.98. The maximum atomic E-state index is 12.6. The molecule has 0 saturated carbocycles. The van der Waals surface area contributed by atoms with E-state index in [0.29, 0.717) is 13.1 Å². The minimum atomic E-state index is -3.99. The van der Waals surface area contributed by atoms with E-state index in [1.165, 1.54) is 23.3 Å². The highest BCUT2D eigenvalue weighted by molar-refractivity contribution is 7.89. The summed E-state index contributed by atoms with van der Waals surface area (Å²) in [6.45, 7) is 2.77. The number of hydrogen-bond acceptors (Lipinski definition) is 4. The Hall–Kier alpha value is -1.64. The van der Waals surface area contributed by atoms with Crippen LogP contribution in [-0.4, -0.2) is 56.3 Å². The van der Waals surface area contributed by atoms with Crippen LogP contribution in [0.2, 0.25) is 10.0 Å². The van der Waals surface area contributed by atoms with Crippen molar-refractivity contribution in [3.63, 3.8) is 0 Å². The van der Waals surface area contributed by atoms with Crippen LogP contribution in [0.1, 0.15) is 17.5 Å². The van der Waals surface area contributed by atoms with E-state index in [2.05, 4.69) is 33.9 Å². The Balaban J connectivity index is 1.34. The molecule has 0 spiro atoms. The van der Waals surface area contributed by atoms with E-state index in [0.717, 1.165) is 25.9 Å². The molecule has 30 heavy (non-hydrogen) atoms. The van der Waals surface area contributed by atoms with Gasteiger partial charge in [-0.3, -0.25) is 9.69 Å². The fourth-order valence-electron chi connectivity index (χ4n) is 4.18. The van der Waals surface area contributed by atoms with E-state index in [9.17, 15) is 13.2 Å². The molecule has 1 N–H and O–H groups in total. The molecule has 1 unspecified atom stereocenters. The standard InChI is InChI=1S/C21H23Cl2N3O3S/c22-18-6-3-7-19(23)21(18)30(28,29)24-12-20(27)26-11-9-17(14-26)25-10-8-15-4-1-2-5-16(15)13-25/h1-7,17,24H,8-14H2. The van der Waals surface area contributed by atoms with Gasteiger partial charge < -0.3 is 4.90 Å². The Kier molecular flexibility index (Phi) is 6.36. The number of halogens is 2. The molecular formula is C21H23Cl2N3O3S. The Bertz CT molecular complexity index is 1040. The topological polar surface area (TPSA) is 69.7 Å². The molecule has 1 saturated heterocycles. The minimum Gasteiger partial charge on any atom is -0.340 e. The predicted octanol–water partition coefficient (Wildman–Crippen LogP) is 2.93. The Morgan fingerprint density at radius 1 is 1.03 bits per heavy atom. The third-order valence-electron chi connectivity index (χ3n) is 5.79. The van der Waals surface area contributed by atoms with E-state index in [-0.39, 0.29) is 33.4 Å². The molecule has 2 heterocycles. The van der Waals surface area contributed by atoms with Crippen molar-refractivity contribution >= 4 is 39.1 Å². The number of sulfonamides is 1. The van der Waals surface area contributed by atoms with Crippen LogP contribution < -0.4 is 4.72 Å². The first kappa shape index (κ1) is 21.6. The second kappa shape index (κ2) is 8.85. The summed E-state index contributed by atoms with van der Waals surface area (Å²) in [6, 6.07) is 13.2. The number of likely N-dealkylation sites (tertiary alicyclic amines) is 1. The summed E-state index contributed by atoms with van der Waals surface area (Å²) in [5, 5.41) is 0.0446. The number of rotatable bonds is 5. The number of benzene rings is 2. The lowest BCUT2D eigenvalue weighted by Crippen LogP contribution is -2.43. The summed E-state index contributed by atoms with van der Waals surface area (Å²) in [6.07, 6.45) is 1.90. The summed E-state index contributed by atoms with van der Waals surface area (Å²) in [7, 11) is -3.99. The van der Waals surface area contributed by atoms with Gasteiger partial charge in [0.2, 0.25) is 15.9 Å². The SMILES string of the molecule is O=C(CNS(=O)(=O)c1c(Cl)cccc1Cl)N1CCC(N2CCc3ccccc3C2)C1. The van der Waals surface area contributed by atoms with E-state index in [1.807, 2.05) is 0 Å². The molecule has 160 valence electrons. The fraction of sp³-hybridized carbons (Fsp3) is 0.381. The van der Waals surface area contributed by atoms with Crippen LogP contribution >= 0.6 is 23.2 Å². The monoisotopic (exact) mass is 467 g/mol. The number of fused-ring (bicyclic) bond motifs is 1. The van der Waals surface area contributed by atoms with E-state index >= 15 is 0 Å². The average molecular weight is 468 g/mol. The van der Waals surface area contributed by atoms with Crippen LogP contribution in [0, 0.1) is 0 Å². The van der Waals surface area contributed by atoms with Crippen molar-refractivity contribution in [2.24, 2.45) is 0 Å². The summed E-state index contributed by atoms with van der Waals surface area (Å²) >= 11 is 12.0. The zero-order valence-corrected chi connectivity index (χ0v) is 18.7. The number of nitrogens with one attached hydrogen (secondary N) is 1. The first-order valence-electron chi connectivity index (χ1n) is 9.87. The van der Waals surface area contributed by atoms with Crippen molar-refractivity contribution in [2.75, 3.05) is 26.2 Å². The second-order valence-corrected chi connectivity index (χ2v) is 10.2. The maximum absolute atomic E-state index is 12.6. The van der Waals surface area contributed by atoms with Crippen molar-refractivity contribution in [3.05, 3.63) is 63.6 Å². The van der Waals surface area contributed by atoms with Gasteiger partial charge >= 0.3 is 0 Å². The Morgan fingerprint density at radius 3 is 2.47 bits per heavy atom. The van der Waals surface area contributed by atoms with Crippen molar-refractivity contribution in [3.8, 4) is 0 Å². The molecule has 9 heteroatoms. The number of amides is 1. The molecular weight excluding hydrogens is 445 g/mol. The maximum Gasteiger partial charge on any atom is 0.244 e. The third-order valence-corrected chi connectivity index (χ3v) is 8.15. The molecule has 2 aromatic carbocycles. The third kappa shape index (κ3) is 4.50. The fourth-order valence-corrected chi connectivity index (χ4v) is 6.29. The van der Waals surface area contributed by atoms with Gasteiger partial charge in [0.05, 0.1) is 16.6 Å². The molecule has 1 fully saturated rings. The normalized spacial score (nSPS) is 19.7. The number of carbonyl (C=O) groups is 1. The molecule has 2 aliphatic heterocycles. The van der Waals surface area contributed by atoms with Gasteiger partial charge in [0, 0.05) is 32.2 Å². The van der Waals surface area contributed by atoms with Crippen LogP contribution in [0.25, 0.3) is 0 Å². The van der Waals surface area contributed by atoms with Crippen molar-refractivity contribution in [1.29, 1.82) is 0 Å². The lowest BCUT2D eigenvalue weighted by molar-refractivity contribution is -0.129. The first-order chi connectivity index (χ1) is 14.3. The summed E-state index contributed by atoms with van der Waals surface area (Å²) in [5.41, 5.74) is 2.74. The molecule has 2 aromatic rings. The lowest BCUT2D eigenvalue weighted by Gasteiger charge is -2.33. The smallest absolute Gasteiger partial charge is 0.244 e. The van der Waals surface area contributed by atoms with Crippen LogP contribution in [0.3, 0.4) is 0 Å². The zero-order valence-electron chi connectivity index (χ0n) is 16.4. The van der Waals surface area contributed by atoms with Crippen LogP contribution in [0.5, 0.6) is 0 Å². The largest absolute Gasteiger partial charge is 0.340 e. The molecule has 0 aromatic heterocycles. The molecule has 4 rings (SSSR count). The molecule has 2 aliphatic rings. The predicted molar refractivity (Wildman–Crippen MR) is 117 cm³/mol. The molecule has 0 radical (unpaired) electrons. The van der Waals surface area contributed by atoms with Gasteiger partial charge in [0.15, 0.2) is 0 Å². The highest BCUT2D eigenvalue weighted by Gasteiger charge is 2.32. The Labute approximate surface area is 186 Å². The molecule has 0 aliphatic carbocycles. The quantitative estimate of drug-likeness (QED) is 0.733. The van der Waals surface area contributed by atoms with Crippen molar-refractivity contribution < 1.29 is 13.2 Å². The van der Waals surface area contributed by atoms with Crippen LogP contribution in [-0.2, 0) is 27.8 Å². The first-order valence-corrected chi connectivity index (χ1v) is 12.1. The van der Waals surface area contributed by atoms with Gasteiger partial charge in [-0.2, -0.15) is 0 Å².